The highest BCUT2D eigenvalue weighted by molar-refractivity contribution is 8.19. The molecule has 0 aliphatic rings. The fourth-order valence-electron chi connectivity index (χ4n) is 5.05. The van der Waals surface area contributed by atoms with Gasteiger partial charge >= 0.3 is 0 Å². The van der Waals surface area contributed by atoms with Crippen LogP contribution < -0.4 is 15.9 Å². The predicted octanol–water partition coefficient (Wildman–Crippen LogP) is 6.60. The van der Waals surface area contributed by atoms with E-state index in [1.165, 1.54) is 6.92 Å². The quantitative estimate of drug-likeness (QED) is 0.0830. The Morgan fingerprint density at radius 2 is 0.930 bits per heavy atom. The van der Waals surface area contributed by atoms with Crippen LogP contribution in [0, 0.1) is 0 Å². The average Bonchev–Trinajstić information content (AvgIpc) is 3.07. The molecular formula is C37H30NO3PS. The van der Waals surface area contributed by atoms with Gasteiger partial charge in [-0.25, -0.2) is 4.99 Å². The molecule has 5 aromatic carbocycles. The number of benzene rings is 5. The number of amides is 1. The van der Waals surface area contributed by atoms with E-state index in [0.29, 0.717) is 16.4 Å². The molecule has 0 aromatic heterocycles. The lowest BCUT2D eigenvalue weighted by Crippen LogP contribution is -2.37. The van der Waals surface area contributed by atoms with E-state index < -0.39 is 12.8 Å². The second kappa shape index (κ2) is 14.1. The van der Waals surface area contributed by atoms with Gasteiger partial charge < -0.3 is 0 Å². The monoisotopic (exact) mass is 599 g/mol. The van der Waals surface area contributed by atoms with Crippen molar-refractivity contribution in [2.45, 2.75) is 6.92 Å². The standard InChI is InChI=1S/C37H30NO3PS/c1-28(39)38-37(43-27-34(40)29-17-7-2-8-18-29)36(35(41)30-19-9-3-10-20-30)42(31-21-11-4-12-22-31,32-23-13-5-14-24-32)33-25-15-6-16-26-33/h2-26H,27H2,1H3. The third kappa shape index (κ3) is 6.59. The molecule has 0 aliphatic heterocycles. The topological polar surface area (TPSA) is 63.6 Å². The van der Waals surface area contributed by atoms with Crippen LogP contribution in [0.4, 0.5) is 0 Å². The first kappa shape index (κ1) is 29.9. The van der Waals surface area contributed by atoms with E-state index in [4.69, 9.17) is 0 Å². The number of carbonyl (C=O) groups excluding carboxylic acids is 3. The fourth-order valence-corrected chi connectivity index (χ4v) is 10.8. The van der Waals surface area contributed by atoms with Crippen LogP contribution in [0.3, 0.4) is 0 Å². The minimum absolute atomic E-state index is 0.0140. The van der Waals surface area contributed by atoms with Gasteiger partial charge in [0.2, 0.25) is 5.91 Å². The number of aliphatic imine (C=N–C) groups is 1. The number of thioether (sulfide) groups is 1. The summed E-state index contributed by atoms with van der Waals surface area (Å²) >= 11 is 1.14. The molecule has 0 aliphatic carbocycles. The Labute approximate surface area is 256 Å². The van der Waals surface area contributed by atoms with E-state index in [0.717, 1.165) is 27.7 Å². The van der Waals surface area contributed by atoms with Crippen molar-refractivity contribution in [3.63, 3.8) is 0 Å². The molecule has 1 amide bonds. The van der Waals surface area contributed by atoms with E-state index in [2.05, 4.69) is 4.99 Å². The summed E-state index contributed by atoms with van der Waals surface area (Å²) < 4.78 is 0. The van der Waals surface area contributed by atoms with Crippen LogP contribution in [0.5, 0.6) is 0 Å². The van der Waals surface area contributed by atoms with Crippen molar-refractivity contribution in [2.24, 2.45) is 4.99 Å². The van der Waals surface area contributed by atoms with Crippen LogP contribution in [0.1, 0.15) is 27.6 Å². The Hall–Kier alpha value is -4.57. The van der Waals surface area contributed by atoms with Crippen LogP contribution in [0.15, 0.2) is 157 Å². The van der Waals surface area contributed by atoms with Gasteiger partial charge in [0, 0.05) is 18.1 Å². The number of ketones is 2. The minimum atomic E-state index is -2.98. The molecule has 0 bridgehead atoms. The van der Waals surface area contributed by atoms with E-state index in [1.54, 1.807) is 24.3 Å². The maximum atomic E-state index is 14.9. The Morgan fingerprint density at radius 3 is 1.33 bits per heavy atom. The van der Waals surface area contributed by atoms with Gasteiger partial charge in [-0.15, -0.1) is 0 Å². The van der Waals surface area contributed by atoms with E-state index in [-0.39, 0.29) is 22.4 Å². The first-order valence-corrected chi connectivity index (χ1v) is 16.6. The third-order valence-electron chi connectivity index (χ3n) is 6.91. The summed E-state index contributed by atoms with van der Waals surface area (Å²) in [6, 6.07) is 48.0. The lowest BCUT2D eigenvalue weighted by atomic mass is 10.1. The highest BCUT2D eigenvalue weighted by atomic mass is 32.2. The van der Waals surface area contributed by atoms with Crippen LogP contribution in [-0.4, -0.2) is 33.6 Å². The highest BCUT2D eigenvalue weighted by Crippen LogP contribution is 2.48. The molecule has 4 nitrogen and oxygen atoms in total. The van der Waals surface area contributed by atoms with Gasteiger partial charge in [0.05, 0.1) is 11.0 Å². The van der Waals surface area contributed by atoms with Crippen molar-refractivity contribution >= 4 is 62.4 Å². The smallest absolute Gasteiger partial charge is 0.243 e. The fraction of sp³-hybridized carbons (Fsp3) is 0.0541. The molecule has 212 valence electrons. The van der Waals surface area contributed by atoms with Crippen molar-refractivity contribution in [2.75, 3.05) is 5.75 Å². The molecule has 6 heteroatoms. The van der Waals surface area contributed by atoms with Crippen molar-refractivity contribution < 1.29 is 14.4 Å². The minimum Gasteiger partial charge on any atom is -0.293 e. The number of nitrogens with zero attached hydrogens (tertiary/aromatic N) is 1. The average molecular weight is 600 g/mol. The molecule has 0 saturated carbocycles. The van der Waals surface area contributed by atoms with Gasteiger partial charge in [-0.3, -0.25) is 14.4 Å². The summed E-state index contributed by atoms with van der Waals surface area (Å²) in [7, 11) is 0. The van der Waals surface area contributed by atoms with Crippen molar-refractivity contribution in [1.29, 1.82) is 0 Å². The lowest BCUT2D eigenvalue weighted by molar-refractivity contribution is -0.115. The zero-order valence-electron chi connectivity index (χ0n) is 23.7. The maximum Gasteiger partial charge on any atom is 0.243 e. The van der Waals surface area contributed by atoms with Crippen LogP contribution in [0.25, 0.3) is 0 Å². The van der Waals surface area contributed by atoms with Crippen molar-refractivity contribution in [1.82, 2.24) is 0 Å². The third-order valence-corrected chi connectivity index (χ3v) is 12.3. The van der Waals surface area contributed by atoms with E-state index >= 15 is 0 Å². The first-order chi connectivity index (χ1) is 21.0. The SMILES string of the molecule is CC(=O)N=C(SCC(=O)c1ccccc1)C(C(=O)c1ccccc1)=P(c1ccccc1)(c1ccccc1)c1ccccc1. The summed E-state index contributed by atoms with van der Waals surface area (Å²) in [6.45, 7) is -1.60. The second-order valence-electron chi connectivity index (χ2n) is 9.74. The molecule has 0 saturated heterocycles. The van der Waals surface area contributed by atoms with Crippen LogP contribution >= 0.6 is 18.6 Å². The van der Waals surface area contributed by atoms with Gasteiger partial charge in [0.25, 0.3) is 0 Å². The molecule has 0 N–H and O–H groups in total. The summed E-state index contributed by atoms with van der Waals surface area (Å²) in [4.78, 5) is 45.5. The number of rotatable bonds is 9. The molecule has 0 unspecified atom stereocenters. The molecule has 5 rings (SSSR count). The molecule has 0 atom stereocenters. The number of hydrogen-bond donors (Lipinski definition) is 0. The molecule has 0 spiro atoms. The Balaban J connectivity index is 1.91. The summed E-state index contributed by atoms with van der Waals surface area (Å²) in [5.74, 6) is -0.776. The molecule has 0 radical (unpaired) electrons. The highest BCUT2D eigenvalue weighted by Gasteiger charge is 2.36. The van der Waals surface area contributed by atoms with Crippen molar-refractivity contribution in [3.8, 4) is 0 Å². The van der Waals surface area contributed by atoms with E-state index in [1.807, 2.05) is 127 Å². The van der Waals surface area contributed by atoms with Gasteiger partial charge in [0.1, 0.15) is 5.04 Å². The molecule has 5 aromatic rings. The molecular weight excluding hydrogens is 569 g/mol. The zero-order chi connectivity index (χ0) is 30.1. The Kier molecular flexibility index (Phi) is 9.78. The maximum absolute atomic E-state index is 14.9. The van der Waals surface area contributed by atoms with Gasteiger partial charge in [-0.2, -0.15) is 0 Å². The van der Waals surface area contributed by atoms with Gasteiger partial charge in [-0.05, 0) is 22.8 Å². The number of Topliss-reactive ketones (excluding diaryl/α,β-unsaturated/α-hetero) is 2. The van der Waals surface area contributed by atoms with Crippen LogP contribution in [-0.2, 0) is 4.79 Å². The van der Waals surface area contributed by atoms with E-state index in [9.17, 15) is 14.4 Å². The summed E-state index contributed by atoms with van der Waals surface area (Å²) in [5, 5.41) is 3.51. The summed E-state index contributed by atoms with van der Waals surface area (Å²) in [6.07, 6.45) is 0. The summed E-state index contributed by atoms with van der Waals surface area (Å²) in [5.41, 5.74) is 1.04. The Morgan fingerprint density at radius 1 is 0.558 bits per heavy atom. The number of carbonyl (C=O) groups is 3. The normalized spacial score (nSPS) is 11.5. The lowest BCUT2D eigenvalue weighted by Gasteiger charge is -2.32. The number of hydrogen-bond acceptors (Lipinski definition) is 4. The zero-order valence-corrected chi connectivity index (χ0v) is 25.4. The molecule has 0 fully saturated rings. The largest absolute Gasteiger partial charge is 0.293 e. The van der Waals surface area contributed by atoms with Gasteiger partial charge in [-0.1, -0.05) is 163 Å². The second-order valence-corrected chi connectivity index (χ2v) is 14.0. The van der Waals surface area contributed by atoms with Crippen molar-refractivity contribution in [3.05, 3.63) is 163 Å². The first-order valence-electron chi connectivity index (χ1n) is 13.9. The molecule has 43 heavy (non-hydrogen) atoms. The van der Waals surface area contributed by atoms with Crippen LogP contribution in [0.2, 0.25) is 0 Å². The predicted molar refractivity (Wildman–Crippen MR) is 182 cm³/mol. The Bertz CT molecular complexity index is 1700. The molecule has 0 heterocycles. The van der Waals surface area contributed by atoms with Gasteiger partial charge in [0.15, 0.2) is 11.6 Å².